The minimum Gasteiger partial charge on any atom is -0.479 e. The molecule has 5 nitrogen and oxygen atoms in total. The second kappa shape index (κ2) is 4.02. The molecule has 0 saturated carbocycles. The minimum absolute atomic E-state index is 0.166. The summed E-state index contributed by atoms with van der Waals surface area (Å²) in [7, 11) is 1.88. The molecule has 0 spiro atoms. The van der Waals surface area contributed by atoms with E-state index in [1.54, 1.807) is 6.33 Å². The Balaban J connectivity index is 2.07. The molecule has 1 fully saturated rings. The highest BCUT2D eigenvalue weighted by Gasteiger charge is 2.29. The molecular weight excluding hydrogens is 196 g/mol. The number of hydrogen-bond acceptors (Lipinski definition) is 3. The van der Waals surface area contributed by atoms with Crippen molar-refractivity contribution in [3.8, 4) is 0 Å². The van der Waals surface area contributed by atoms with Crippen LogP contribution in [0.5, 0.6) is 0 Å². The molecule has 1 aliphatic heterocycles. The van der Waals surface area contributed by atoms with Crippen LogP contribution in [0.15, 0.2) is 12.5 Å². The average Bonchev–Trinajstić information content (AvgIpc) is 2.65. The Morgan fingerprint density at radius 3 is 3.07 bits per heavy atom. The lowest BCUT2D eigenvalue weighted by Gasteiger charge is -2.26. The van der Waals surface area contributed by atoms with E-state index in [-0.39, 0.29) is 6.10 Å². The van der Waals surface area contributed by atoms with Gasteiger partial charge in [-0.1, -0.05) is 0 Å². The fourth-order valence-electron chi connectivity index (χ4n) is 1.82. The molecule has 0 aromatic carbocycles. The number of nitrogens with zero attached hydrogens (tertiary/aromatic N) is 2. The molecule has 1 aromatic heterocycles. The summed E-state index contributed by atoms with van der Waals surface area (Å²) in [5, 5.41) is 8.86. The quantitative estimate of drug-likeness (QED) is 0.794. The standard InChI is InChI=1S/C10H14N2O3/c1-12-5-7(11-6-12)8-3-2-4-9(15-8)10(13)14/h5-6,8-9H,2-4H2,1H3,(H,13,14). The van der Waals surface area contributed by atoms with Crippen LogP contribution in [0, 0.1) is 0 Å². The number of carbonyl (C=O) groups is 1. The molecule has 1 aliphatic rings. The Labute approximate surface area is 87.7 Å². The zero-order valence-electron chi connectivity index (χ0n) is 8.59. The Morgan fingerprint density at radius 1 is 1.67 bits per heavy atom. The first kappa shape index (κ1) is 10.2. The topological polar surface area (TPSA) is 64.4 Å². The van der Waals surface area contributed by atoms with Crippen LogP contribution in [-0.2, 0) is 16.6 Å². The molecule has 2 unspecified atom stereocenters. The van der Waals surface area contributed by atoms with Crippen molar-refractivity contribution in [3.05, 3.63) is 18.2 Å². The molecule has 2 atom stereocenters. The van der Waals surface area contributed by atoms with Gasteiger partial charge in [0.1, 0.15) is 6.10 Å². The lowest BCUT2D eigenvalue weighted by molar-refractivity contribution is -0.159. The normalized spacial score (nSPS) is 26.5. The van der Waals surface area contributed by atoms with Crippen LogP contribution in [0.4, 0.5) is 0 Å². The molecule has 1 saturated heterocycles. The number of carboxylic acid groups (broad SMARTS) is 1. The molecule has 15 heavy (non-hydrogen) atoms. The van der Waals surface area contributed by atoms with E-state index >= 15 is 0 Å². The largest absolute Gasteiger partial charge is 0.479 e. The Bertz CT molecular complexity index is 361. The van der Waals surface area contributed by atoms with Crippen molar-refractivity contribution in [1.82, 2.24) is 9.55 Å². The molecule has 0 amide bonds. The van der Waals surface area contributed by atoms with Gasteiger partial charge in [0.25, 0.3) is 0 Å². The van der Waals surface area contributed by atoms with Crippen molar-refractivity contribution in [2.75, 3.05) is 0 Å². The van der Waals surface area contributed by atoms with E-state index in [4.69, 9.17) is 9.84 Å². The predicted octanol–water partition coefficient (Wildman–Crippen LogP) is 1.11. The molecule has 2 rings (SSSR count). The van der Waals surface area contributed by atoms with Gasteiger partial charge in [0.2, 0.25) is 0 Å². The van der Waals surface area contributed by atoms with Crippen LogP contribution >= 0.6 is 0 Å². The number of aliphatic carboxylic acids is 1. The summed E-state index contributed by atoms with van der Waals surface area (Å²) >= 11 is 0. The van der Waals surface area contributed by atoms with Gasteiger partial charge in [-0.05, 0) is 19.3 Å². The summed E-state index contributed by atoms with van der Waals surface area (Å²) in [6.45, 7) is 0. The summed E-state index contributed by atoms with van der Waals surface area (Å²) in [4.78, 5) is 15.0. The van der Waals surface area contributed by atoms with Crippen LogP contribution in [0.2, 0.25) is 0 Å². The maximum atomic E-state index is 10.8. The van der Waals surface area contributed by atoms with Gasteiger partial charge in [-0.25, -0.2) is 9.78 Å². The number of hydrogen-bond donors (Lipinski definition) is 1. The number of aromatic nitrogens is 2. The SMILES string of the molecule is Cn1cnc(C2CCCC(C(=O)O)O2)c1. The number of ether oxygens (including phenoxy) is 1. The van der Waals surface area contributed by atoms with Gasteiger partial charge in [0.15, 0.2) is 6.10 Å². The highest BCUT2D eigenvalue weighted by molar-refractivity contribution is 5.72. The van der Waals surface area contributed by atoms with Crippen LogP contribution in [-0.4, -0.2) is 26.7 Å². The monoisotopic (exact) mass is 210 g/mol. The fraction of sp³-hybridized carbons (Fsp3) is 0.600. The summed E-state index contributed by atoms with van der Waals surface area (Å²) in [6, 6.07) is 0. The Hall–Kier alpha value is -1.36. The van der Waals surface area contributed by atoms with Gasteiger partial charge < -0.3 is 14.4 Å². The molecule has 5 heteroatoms. The number of imidazole rings is 1. The second-order valence-corrected chi connectivity index (χ2v) is 3.85. The van der Waals surface area contributed by atoms with Gasteiger partial charge in [-0.3, -0.25) is 0 Å². The number of rotatable bonds is 2. The van der Waals surface area contributed by atoms with E-state index in [0.717, 1.165) is 18.5 Å². The van der Waals surface area contributed by atoms with Crippen LogP contribution in [0.1, 0.15) is 31.1 Å². The third kappa shape index (κ3) is 2.18. The van der Waals surface area contributed by atoms with E-state index < -0.39 is 12.1 Å². The molecule has 0 bridgehead atoms. The average molecular weight is 210 g/mol. The molecule has 1 N–H and O–H groups in total. The third-order valence-corrected chi connectivity index (χ3v) is 2.59. The predicted molar refractivity (Wildman–Crippen MR) is 52.3 cm³/mol. The van der Waals surface area contributed by atoms with Crippen molar-refractivity contribution in [2.24, 2.45) is 7.05 Å². The molecule has 2 heterocycles. The summed E-state index contributed by atoms with van der Waals surface area (Å²) < 4.78 is 7.31. The van der Waals surface area contributed by atoms with Crippen molar-refractivity contribution in [2.45, 2.75) is 31.5 Å². The van der Waals surface area contributed by atoms with Gasteiger partial charge >= 0.3 is 5.97 Å². The molecule has 82 valence electrons. The lowest BCUT2D eigenvalue weighted by atomic mass is 10.0. The van der Waals surface area contributed by atoms with E-state index in [9.17, 15) is 4.79 Å². The second-order valence-electron chi connectivity index (χ2n) is 3.85. The van der Waals surface area contributed by atoms with E-state index in [1.807, 2.05) is 17.8 Å². The van der Waals surface area contributed by atoms with Gasteiger partial charge in [-0.2, -0.15) is 0 Å². The highest BCUT2D eigenvalue weighted by atomic mass is 16.5. The number of aryl methyl sites for hydroxylation is 1. The van der Waals surface area contributed by atoms with Crippen molar-refractivity contribution >= 4 is 5.97 Å². The van der Waals surface area contributed by atoms with Crippen LogP contribution in [0.25, 0.3) is 0 Å². The molecule has 0 aliphatic carbocycles. The zero-order valence-corrected chi connectivity index (χ0v) is 8.59. The zero-order chi connectivity index (χ0) is 10.8. The molecular formula is C10H14N2O3. The summed E-state index contributed by atoms with van der Waals surface area (Å²) in [5.74, 6) is -0.879. The van der Waals surface area contributed by atoms with Crippen LogP contribution < -0.4 is 0 Å². The maximum Gasteiger partial charge on any atom is 0.332 e. The first-order valence-electron chi connectivity index (χ1n) is 5.03. The summed E-state index contributed by atoms with van der Waals surface area (Å²) in [6.07, 6.45) is 5.04. The fourth-order valence-corrected chi connectivity index (χ4v) is 1.82. The highest BCUT2D eigenvalue weighted by Crippen LogP contribution is 2.30. The van der Waals surface area contributed by atoms with Crippen molar-refractivity contribution < 1.29 is 14.6 Å². The van der Waals surface area contributed by atoms with Gasteiger partial charge in [-0.15, -0.1) is 0 Å². The summed E-state index contributed by atoms with van der Waals surface area (Å²) in [5.41, 5.74) is 0.823. The first-order valence-corrected chi connectivity index (χ1v) is 5.03. The van der Waals surface area contributed by atoms with Crippen molar-refractivity contribution in [1.29, 1.82) is 0 Å². The van der Waals surface area contributed by atoms with Gasteiger partial charge in [0.05, 0.1) is 12.0 Å². The first-order chi connectivity index (χ1) is 7.16. The number of carboxylic acids is 1. The lowest BCUT2D eigenvalue weighted by Crippen LogP contribution is -2.29. The minimum atomic E-state index is -0.879. The smallest absolute Gasteiger partial charge is 0.332 e. The van der Waals surface area contributed by atoms with Crippen molar-refractivity contribution in [3.63, 3.8) is 0 Å². The Kier molecular flexibility index (Phi) is 2.73. The van der Waals surface area contributed by atoms with Crippen LogP contribution in [0.3, 0.4) is 0 Å². The molecule has 0 radical (unpaired) electrons. The molecule has 1 aromatic rings. The maximum absolute atomic E-state index is 10.8. The van der Waals surface area contributed by atoms with E-state index in [1.165, 1.54) is 0 Å². The van der Waals surface area contributed by atoms with E-state index in [0.29, 0.717) is 6.42 Å². The van der Waals surface area contributed by atoms with E-state index in [2.05, 4.69) is 4.98 Å². The Morgan fingerprint density at radius 2 is 2.47 bits per heavy atom. The third-order valence-electron chi connectivity index (χ3n) is 2.59. The van der Waals surface area contributed by atoms with Gasteiger partial charge in [0, 0.05) is 13.2 Å².